The molecular weight excluding hydrogens is 358 g/mol. The van der Waals surface area contributed by atoms with Crippen LogP contribution in [0.3, 0.4) is 0 Å². The highest BCUT2D eigenvalue weighted by molar-refractivity contribution is 7.13. The average molecular weight is 375 g/mol. The number of rotatable bonds is 4. The van der Waals surface area contributed by atoms with Gasteiger partial charge < -0.3 is 9.84 Å². The van der Waals surface area contributed by atoms with Crippen LogP contribution in [0.5, 0.6) is 0 Å². The Bertz CT molecular complexity index is 1150. The predicted molar refractivity (Wildman–Crippen MR) is 105 cm³/mol. The van der Waals surface area contributed by atoms with Crippen molar-refractivity contribution in [2.75, 3.05) is 6.54 Å². The van der Waals surface area contributed by atoms with Gasteiger partial charge in [0.2, 0.25) is 0 Å². The van der Waals surface area contributed by atoms with Gasteiger partial charge in [-0.05, 0) is 42.0 Å². The highest BCUT2D eigenvalue weighted by atomic mass is 32.1. The van der Waals surface area contributed by atoms with Crippen LogP contribution in [-0.4, -0.2) is 22.6 Å². The van der Waals surface area contributed by atoms with Crippen molar-refractivity contribution < 1.29 is 9.32 Å². The summed E-state index contributed by atoms with van der Waals surface area (Å²) < 4.78 is 5.35. The maximum absolute atomic E-state index is 13.0. The second kappa shape index (κ2) is 6.32. The third-order valence-electron chi connectivity index (χ3n) is 5.11. The summed E-state index contributed by atoms with van der Waals surface area (Å²) in [6.07, 6.45) is 1.01. The van der Waals surface area contributed by atoms with Gasteiger partial charge in [-0.2, -0.15) is 0 Å². The van der Waals surface area contributed by atoms with Crippen LogP contribution in [0.2, 0.25) is 0 Å². The fourth-order valence-electron chi connectivity index (χ4n) is 3.68. The van der Waals surface area contributed by atoms with E-state index >= 15 is 0 Å². The molecule has 1 aliphatic rings. The molecule has 1 aliphatic carbocycles. The highest BCUT2D eigenvalue weighted by Crippen LogP contribution is 2.34. The van der Waals surface area contributed by atoms with Gasteiger partial charge in [-0.3, -0.25) is 4.79 Å². The molecule has 4 aromatic rings. The standard InChI is InChI=1S/C21H17N3O2S/c1-12-19-16(10-17(18-7-4-8-27-18)23-21(19)26-24-12)20(25)22-11-14-9-13-5-2-3-6-15(13)14/h2-8,10,14H,9,11H2,1H3,(H,22,25)/t14-/m1/s1. The van der Waals surface area contributed by atoms with Crippen LogP contribution in [0.1, 0.15) is 33.1 Å². The van der Waals surface area contributed by atoms with Gasteiger partial charge >= 0.3 is 0 Å². The van der Waals surface area contributed by atoms with Crippen LogP contribution >= 0.6 is 11.3 Å². The molecule has 3 heterocycles. The molecule has 3 aromatic heterocycles. The zero-order chi connectivity index (χ0) is 18.4. The highest BCUT2D eigenvalue weighted by Gasteiger charge is 2.26. The first-order valence-corrected chi connectivity index (χ1v) is 9.75. The zero-order valence-corrected chi connectivity index (χ0v) is 15.5. The summed E-state index contributed by atoms with van der Waals surface area (Å²) in [7, 11) is 0. The van der Waals surface area contributed by atoms with Crippen LogP contribution in [0.4, 0.5) is 0 Å². The topological polar surface area (TPSA) is 68.0 Å². The minimum Gasteiger partial charge on any atom is -0.351 e. The number of nitrogens with zero attached hydrogens (tertiary/aromatic N) is 2. The Morgan fingerprint density at radius 2 is 2.19 bits per heavy atom. The van der Waals surface area contributed by atoms with Crippen molar-refractivity contribution in [2.45, 2.75) is 19.3 Å². The Balaban J connectivity index is 1.45. The molecule has 1 aromatic carbocycles. The molecule has 1 amide bonds. The van der Waals surface area contributed by atoms with Crippen LogP contribution < -0.4 is 5.32 Å². The van der Waals surface area contributed by atoms with E-state index in [9.17, 15) is 4.79 Å². The number of nitrogens with one attached hydrogen (secondary N) is 1. The average Bonchev–Trinajstić information content (AvgIpc) is 3.32. The number of hydrogen-bond donors (Lipinski definition) is 1. The molecule has 1 atom stereocenters. The van der Waals surface area contributed by atoms with Gasteiger partial charge in [0.25, 0.3) is 11.6 Å². The summed E-state index contributed by atoms with van der Waals surface area (Å²) in [5, 5.41) is 9.76. The molecular formula is C21H17N3O2S. The molecule has 134 valence electrons. The summed E-state index contributed by atoms with van der Waals surface area (Å²) in [5.74, 6) is 0.263. The SMILES string of the molecule is Cc1noc2nc(-c3cccs3)cc(C(=O)NC[C@H]3Cc4ccccc43)c12. The lowest BCUT2D eigenvalue weighted by molar-refractivity contribution is 0.0951. The van der Waals surface area contributed by atoms with Crippen molar-refractivity contribution in [3.63, 3.8) is 0 Å². The molecule has 6 heteroatoms. The monoisotopic (exact) mass is 375 g/mol. The zero-order valence-electron chi connectivity index (χ0n) is 14.7. The number of carbonyl (C=O) groups is 1. The van der Waals surface area contributed by atoms with Gasteiger partial charge in [-0.1, -0.05) is 35.5 Å². The van der Waals surface area contributed by atoms with Crippen molar-refractivity contribution in [1.29, 1.82) is 0 Å². The third-order valence-corrected chi connectivity index (χ3v) is 6.00. The third kappa shape index (κ3) is 2.73. The van der Waals surface area contributed by atoms with E-state index in [4.69, 9.17) is 4.52 Å². The second-order valence-electron chi connectivity index (χ2n) is 6.79. The molecule has 0 spiro atoms. The minimum atomic E-state index is -0.115. The molecule has 0 bridgehead atoms. The van der Waals surface area contributed by atoms with Gasteiger partial charge in [0.05, 0.1) is 27.2 Å². The molecule has 1 N–H and O–H groups in total. The molecule has 0 unspecified atom stereocenters. The fourth-order valence-corrected chi connectivity index (χ4v) is 4.37. The Kier molecular flexibility index (Phi) is 3.79. The number of thiophene rings is 1. The van der Waals surface area contributed by atoms with E-state index in [1.807, 2.05) is 36.6 Å². The van der Waals surface area contributed by atoms with E-state index < -0.39 is 0 Å². The van der Waals surface area contributed by atoms with E-state index in [1.54, 1.807) is 11.3 Å². The molecule has 0 aliphatic heterocycles. The van der Waals surface area contributed by atoms with Crippen LogP contribution in [0, 0.1) is 6.92 Å². The van der Waals surface area contributed by atoms with Crippen molar-refractivity contribution >= 4 is 28.3 Å². The molecule has 5 rings (SSSR count). The Hall–Kier alpha value is -2.99. The van der Waals surface area contributed by atoms with E-state index in [1.165, 1.54) is 11.1 Å². The predicted octanol–water partition coefficient (Wildman–Crippen LogP) is 4.33. The second-order valence-corrected chi connectivity index (χ2v) is 7.74. The lowest BCUT2D eigenvalue weighted by atomic mass is 9.77. The lowest BCUT2D eigenvalue weighted by Gasteiger charge is -2.30. The fraction of sp³-hybridized carbons (Fsp3) is 0.190. The first-order valence-electron chi connectivity index (χ1n) is 8.87. The van der Waals surface area contributed by atoms with E-state index in [2.05, 4.69) is 33.7 Å². The summed E-state index contributed by atoms with van der Waals surface area (Å²) in [6, 6.07) is 14.2. The quantitative estimate of drug-likeness (QED) is 0.576. The number of benzene rings is 1. The number of carbonyl (C=O) groups excluding carboxylic acids is 1. The van der Waals surface area contributed by atoms with Gasteiger partial charge in [-0.25, -0.2) is 4.98 Å². The summed E-state index contributed by atoms with van der Waals surface area (Å²) in [5.41, 5.74) is 5.07. The molecule has 0 saturated carbocycles. The molecule has 0 saturated heterocycles. The number of aryl methyl sites for hydroxylation is 1. The Morgan fingerprint density at radius 1 is 1.30 bits per heavy atom. The number of aromatic nitrogens is 2. The lowest BCUT2D eigenvalue weighted by Crippen LogP contribution is -2.33. The van der Waals surface area contributed by atoms with Gasteiger partial charge in [0.15, 0.2) is 0 Å². The first-order chi connectivity index (χ1) is 13.2. The van der Waals surface area contributed by atoms with E-state index in [0.29, 0.717) is 34.8 Å². The summed E-state index contributed by atoms with van der Waals surface area (Å²) in [6.45, 7) is 2.45. The smallest absolute Gasteiger partial charge is 0.259 e. The number of fused-ring (bicyclic) bond motifs is 2. The van der Waals surface area contributed by atoms with Crippen molar-refractivity contribution in [3.05, 3.63) is 70.2 Å². The van der Waals surface area contributed by atoms with E-state index in [0.717, 1.165) is 17.0 Å². The van der Waals surface area contributed by atoms with Gasteiger partial charge in [0.1, 0.15) is 0 Å². The number of pyridine rings is 1. The molecule has 27 heavy (non-hydrogen) atoms. The van der Waals surface area contributed by atoms with Crippen LogP contribution in [0.25, 0.3) is 21.7 Å². The number of amides is 1. The normalized spacial score (nSPS) is 15.4. The van der Waals surface area contributed by atoms with Gasteiger partial charge in [0, 0.05) is 12.5 Å². The maximum atomic E-state index is 13.0. The minimum absolute atomic E-state index is 0.115. The molecule has 5 nitrogen and oxygen atoms in total. The molecule has 0 fully saturated rings. The maximum Gasteiger partial charge on any atom is 0.259 e. The van der Waals surface area contributed by atoms with E-state index in [-0.39, 0.29) is 5.91 Å². The summed E-state index contributed by atoms with van der Waals surface area (Å²) in [4.78, 5) is 18.5. The number of hydrogen-bond acceptors (Lipinski definition) is 5. The molecule has 0 radical (unpaired) electrons. The van der Waals surface area contributed by atoms with Crippen molar-refractivity contribution in [1.82, 2.24) is 15.5 Å². The first kappa shape index (κ1) is 16.2. The Labute approximate surface area is 160 Å². The van der Waals surface area contributed by atoms with Crippen molar-refractivity contribution in [3.8, 4) is 10.6 Å². The van der Waals surface area contributed by atoms with Crippen LogP contribution in [-0.2, 0) is 6.42 Å². The van der Waals surface area contributed by atoms with Gasteiger partial charge in [-0.15, -0.1) is 11.3 Å². The van der Waals surface area contributed by atoms with Crippen LogP contribution in [0.15, 0.2) is 52.4 Å². The van der Waals surface area contributed by atoms with Crippen molar-refractivity contribution in [2.24, 2.45) is 0 Å². The summed E-state index contributed by atoms with van der Waals surface area (Å²) >= 11 is 1.58. The largest absolute Gasteiger partial charge is 0.351 e. The Morgan fingerprint density at radius 3 is 3.00 bits per heavy atom.